The second kappa shape index (κ2) is 6.62. The molecule has 28 heavy (non-hydrogen) atoms. The van der Waals surface area contributed by atoms with Gasteiger partial charge in [-0.25, -0.2) is 0 Å². The first-order chi connectivity index (χ1) is 13.7. The van der Waals surface area contributed by atoms with Crippen LogP contribution in [0.2, 0.25) is 0 Å². The number of amides is 1. The average molecular weight is 380 g/mol. The highest BCUT2D eigenvalue weighted by Crippen LogP contribution is 2.48. The number of nitrogens with zero attached hydrogens (tertiary/aromatic N) is 1. The lowest BCUT2D eigenvalue weighted by molar-refractivity contribution is -0.116. The molecule has 6 nitrogen and oxygen atoms in total. The average Bonchev–Trinajstić information content (AvgIpc) is 3.38. The Labute approximate surface area is 164 Å². The quantitative estimate of drug-likeness (QED) is 0.878. The van der Waals surface area contributed by atoms with E-state index in [1.807, 2.05) is 12.1 Å². The number of anilines is 2. The molecule has 146 valence electrons. The molecule has 0 saturated carbocycles. The zero-order chi connectivity index (χ0) is 19.3. The van der Waals surface area contributed by atoms with Crippen LogP contribution in [0.15, 0.2) is 24.3 Å². The second-order valence-electron chi connectivity index (χ2n) is 7.62. The fourth-order valence-corrected chi connectivity index (χ4v) is 4.63. The van der Waals surface area contributed by atoms with E-state index in [9.17, 15) is 4.79 Å². The summed E-state index contributed by atoms with van der Waals surface area (Å²) in [4.78, 5) is 15.0. The minimum atomic E-state index is -0.0838. The minimum absolute atomic E-state index is 0.0268. The largest absolute Gasteiger partial charge is 0.496 e. The number of benzene rings is 2. The Kier molecular flexibility index (Phi) is 4.07. The Morgan fingerprint density at radius 3 is 2.61 bits per heavy atom. The number of methoxy groups -OCH3 is 1. The third-order valence-corrected chi connectivity index (χ3v) is 6.05. The van der Waals surface area contributed by atoms with Gasteiger partial charge in [-0.3, -0.25) is 4.79 Å². The third-order valence-electron chi connectivity index (χ3n) is 6.05. The van der Waals surface area contributed by atoms with E-state index >= 15 is 0 Å². The van der Waals surface area contributed by atoms with E-state index in [1.165, 1.54) is 18.5 Å². The Bertz CT molecular complexity index is 950. The number of carbonyl (C=O) groups excluding carboxylic acids is 1. The van der Waals surface area contributed by atoms with E-state index in [0.29, 0.717) is 17.9 Å². The van der Waals surface area contributed by atoms with E-state index in [4.69, 9.17) is 14.2 Å². The van der Waals surface area contributed by atoms with Crippen LogP contribution in [-0.2, 0) is 4.79 Å². The molecule has 2 aromatic carbocycles. The molecule has 3 heterocycles. The van der Waals surface area contributed by atoms with Crippen molar-refractivity contribution in [1.82, 2.24) is 0 Å². The van der Waals surface area contributed by atoms with E-state index in [-0.39, 0.29) is 18.6 Å². The lowest BCUT2D eigenvalue weighted by Crippen LogP contribution is -2.26. The Hall–Kier alpha value is -2.89. The summed E-state index contributed by atoms with van der Waals surface area (Å²) >= 11 is 0. The zero-order valence-electron chi connectivity index (χ0n) is 16.2. The van der Waals surface area contributed by atoms with Gasteiger partial charge in [0.2, 0.25) is 12.7 Å². The highest BCUT2D eigenvalue weighted by Gasteiger charge is 2.32. The predicted molar refractivity (Wildman–Crippen MR) is 107 cm³/mol. The summed E-state index contributed by atoms with van der Waals surface area (Å²) in [5, 5.41) is 3.12. The summed E-state index contributed by atoms with van der Waals surface area (Å²) < 4.78 is 16.7. The topological polar surface area (TPSA) is 60.0 Å². The van der Waals surface area contributed by atoms with Crippen LogP contribution < -0.4 is 24.4 Å². The Balaban J connectivity index is 1.62. The molecule has 6 heteroatoms. The third kappa shape index (κ3) is 2.66. The maximum Gasteiger partial charge on any atom is 0.231 e. The van der Waals surface area contributed by atoms with Gasteiger partial charge in [-0.05, 0) is 43.0 Å². The Morgan fingerprint density at radius 2 is 1.86 bits per heavy atom. The molecule has 0 spiro atoms. The van der Waals surface area contributed by atoms with Gasteiger partial charge in [0.05, 0.1) is 7.11 Å². The maximum absolute atomic E-state index is 12.6. The first-order valence-corrected chi connectivity index (χ1v) is 9.81. The van der Waals surface area contributed by atoms with Crippen molar-refractivity contribution in [2.24, 2.45) is 0 Å². The molecule has 1 unspecified atom stereocenters. The summed E-state index contributed by atoms with van der Waals surface area (Å²) in [6.07, 6.45) is 2.82. The number of rotatable bonds is 3. The number of hydrogen-bond acceptors (Lipinski definition) is 5. The van der Waals surface area contributed by atoms with Crippen LogP contribution in [0.25, 0.3) is 0 Å². The van der Waals surface area contributed by atoms with Crippen LogP contribution in [0.5, 0.6) is 17.2 Å². The van der Waals surface area contributed by atoms with Gasteiger partial charge in [0, 0.05) is 48.4 Å². The van der Waals surface area contributed by atoms with Crippen LogP contribution in [0.3, 0.4) is 0 Å². The normalized spacial score (nSPS) is 20.1. The monoisotopic (exact) mass is 380 g/mol. The van der Waals surface area contributed by atoms with Crippen LogP contribution in [0, 0.1) is 6.92 Å². The number of carbonyl (C=O) groups is 1. The molecule has 1 fully saturated rings. The van der Waals surface area contributed by atoms with Crippen molar-refractivity contribution >= 4 is 17.3 Å². The molecule has 3 aliphatic rings. The van der Waals surface area contributed by atoms with Crippen molar-refractivity contribution in [3.05, 3.63) is 41.0 Å². The molecule has 1 atom stereocenters. The highest BCUT2D eigenvalue weighted by atomic mass is 16.7. The number of ether oxygens (including phenoxy) is 3. The molecular formula is C22H24N2O4. The summed E-state index contributed by atoms with van der Waals surface area (Å²) in [7, 11) is 1.65. The zero-order valence-corrected chi connectivity index (χ0v) is 16.2. The van der Waals surface area contributed by atoms with Crippen LogP contribution in [-0.4, -0.2) is 32.9 Å². The number of hydrogen-bond donors (Lipinski definition) is 1. The van der Waals surface area contributed by atoms with Crippen LogP contribution in [0.1, 0.15) is 41.9 Å². The van der Waals surface area contributed by atoms with Crippen molar-refractivity contribution in [3.63, 3.8) is 0 Å². The van der Waals surface area contributed by atoms with Gasteiger partial charge in [-0.15, -0.1) is 0 Å². The molecule has 3 aliphatic heterocycles. The van der Waals surface area contributed by atoms with Gasteiger partial charge in [0.25, 0.3) is 0 Å². The van der Waals surface area contributed by atoms with Gasteiger partial charge in [0.15, 0.2) is 11.5 Å². The van der Waals surface area contributed by atoms with Crippen molar-refractivity contribution in [2.45, 2.75) is 32.1 Å². The van der Waals surface area contributed by atoms with Gasteiger partial charge < -0.3 is 24.4 Å². The first-order valence-electron chi connectivity index (χ1n) is 9.81. The van der Waals surface area contributed by atoms with Crippen molar-refractivity contribution in [1.29, 1.82) is 0 Å². The number of nitrogens with one attached hydrogen (secondary N) is 1. The molecule has 0 aliphatic carbocycles. The molecule has 0 bridgehead atoms. The van der Waals surface area contributed by atoms with Crippen molar-refractivity contribution in [3.8, 4) is 17.2 Å². The second-order valence-corrected chi connectivity index (χ2v) is 7.62. The summed E-state index contributed by atoms with van der Waals surface area (Å²) in [5.41, 5.74) is 5.37. The van der Waals surface area contributed by atoms with Gasteiger partial charge >= 0.3 is 0 Å². The minimum Gasteiger partial charge on any atom is -0.496 e. The van der Waals surface area contributed by atoms with Gasteiger partial charge in [-0.2, -0.15) is 0 Å². The molecule has 1 saturated heterocycles. The van der Waals surface area contributed by atoms with E-state index in [2.05, 4.69) is 29.3 Å². The molecule has 5 rings (SSSR count). The summed E-state index contributed by atoms with van der Waals surface area (Å²) in [6.45, 7) is 4.47. The molecule has 1 amide bonds. The van der Waals surface area contributed by atoms with E-state index in [0.717, 1.165) is 41.2 Å². The molecule has 0 aromatic heterocycles. The van der Waals surface area contributed by atoms with E-state index in [1.54, 1.807) is 7.11 Å². The number of fused-ring (bicyclic) bond motifs is 2. The summed E-state index contributed by atoms with van der Waals surface area (Å²) in [6, 6.07) is 8.17. The smallest absolute Gasteiger partial charge is 0.231 e. The molecule has 1 N–H and O–H groups in total. The molecular weight excluding hydrogens is 356 g/mol. The first kappa shape index (κ1) is 17.2. The lowest BCUT2D eigenvalue weighted by Gasteiger charge is -2.31. The standard InChI is InChI=1S/C22H24N2O4/c1-13-17(24-7-3-4-8-24)6-5-14-15(10-21(25)23-22(13)14)16-9-19-20(28-12-27-19)11-18(16)26-2/h5-6,9,11,15H,3-4,7-8,10,12H2,1-2H3,(H,23,25). The Morgan fingerprint density at radius 1 is 1.11 bits per heavy atom. The van der Waals surface area contributed by atoms with Crippen molar-refractivity contribution in [2.75, 3.05) is 37.2 Å². The van der Waals surface area contributed by atoms with Crippen LogP contribution in [0.4, 0.5) is 11.4 Å². The van der Waals surface area contributed by atoms with E-state index < -0.39 is 0 Å². The maximum atomic E-state index is 12.6. The SMILES string of the molecule is COc1cc2c(cc1C1CC(=O)Nc3c1ccc(N1CCCC1)c3C)OCO2. The van der Waals surface area contributed by atoms with Gasteiger partial charge in [-0.1, -0.05) is 6.07 Å². The van der Waals surface area contributed by atoms with Gasteiger partial charge in [0.1, 0.15) is 5.75 Å². The fourth-order valence-electron chi connectivity index (χ4n) is 4.63. The van der Waals surface area contributed by atoms with Crippen LogP contribution >= 0.6 is 0 Å². The molecule has 2 aromatic rings. The highest BCUT2D eigenvalue weighted by molar-refractivity contribution is 5.97. The summed E-state index contributed by atoms with van der Waals surface area (Å²) in [5.74, 6) is 2.05. The fraction of sp³-hybridized carbons (Fsp3) is 0.409. The van der Waals surface area contributed by atoms with Crippen molar-refractivity contribution < 1.29 is 19.0 Å². The predicted octanol–water partition coefficient (Wildman–Crippen LogP) is 3.81. The lowest BCUT2D eigenvalue weighted by atomic mass is 9.82. The molecule has 0 radical (unpaired) electrons.